The van der Waals surface area contributed by atoms with Gasteiger partial charge in [-0.1, -0.05) is 0 Å². The molecule has 9 heteroatoms. The Morgan fingerprint density at radius 1 is 1.13 bits per heavy atom. The topological polar surface area (TPSA) is 93.5 Å². The Hall–Kier alpha value is -3.49. The summed E-state index contributed by atoms with van der Waals surface area (Å²) in [6.45, 7) is 3.75. The molecule has 5 heterocycles. The third-order valence-electron chi connectivity index (χ3n) is 5.73. The molecule has 3 aromatic rings. The summed E-state index contributed by atoms with van der Waals surface area (Å²) >= 11 is 0. The van der Waals surface area contributed by atoms with Gasteiger partial charge < -0.3 is 9.64 Å². The molecule has 5 rings (SSSR count). The second-order valence-corrected chi connectivity index (χ2v) is 7.68. The minimum Gasteiger partial charge on any atom is -0.447 e. The fraction of sp³-hybridized carbons (Fsp3) is 0.381. The summed E-state index contributed by atoms with van der Waals surface area (Å²) in [6, 6.07) is 5.68. The van der Waals surface area contributed by atoms with Crippen molar-refractivity contribution in [2.75, 3.05) is 24.6 Å². The van der Waals surface area contributed by atoms with Crippen LogP contribution < -0.4 is 4.90 Å². The van der Waals surface area contributed by atoms with Crippen LogP contribution in [0.25, 0.3) is 16.7 Å². The van der Waals surface area contributed by atoms with Crippen molar-refractivity contribution in [1.29, 1.82) is 0 Å². The van der Waals surface area contributed by atoms with Crippen LogP contribution in [-0.4, -0.2) is 62.4 Å². The number of aromatic nitrogens is 4. The lowest BCUT2D eigenvalue weighted by atomic mass is 10.0. The SMILES string of the molecule is C[C@H]1CCCCN1C(=O)c1cnc2c(cnn2-c2ccc(N3CCOC3=O)nc2)c1. The number of likely N-dealkylation sites (tertiary alicyclic amines) is 1. The van der Waals surface area contributed by atoms with Crippen molar-refractivity contribution in [3.8, 4) is 5.69 Å². The quantitative estimate of drug-likeness (QED) is 0.664. The van der Waals surface area contributed by atoms with Crippen LogP contribution in [0.3, 0.4) is 0 Å². The van der Waals surface area contributed by atoms with E-state index in [1.165, 1.54) is 11.3 Å². The Labute approximate surface area is 173 Å². The number of hydrogen-bond acceptors (Lipinski definition) is 6. The molecule has 0 N–H and O–H groups in total. The lowest BCUT2D eigenvalue weighted by molar-refractivity contribution is 0.0635. The molecular weight excluding hydrogens is 384 g/mol. The van der Waals surface area contributed by atoms with Crippen molar-refractivity contribution in [1.82, 2.24) is 24.6 Å². The van der Waals surface area contributed by atoms with Gasteiger partial charge >= 0.3 is 6.09 Å². The van der Waals surface area contributed by atoms with E-state index in [2.05, 4.69) is 22.0 Å². The molecule has 2 aliphatic rings. The van der Waals surface area contributed by atoms with Crippen molar-refractivity contribution >= 4 is 28.9 Å². The number of pyridine rings is 2. The maximum atomic E-state index is 12.9. The second kappa shape index (κ2) is 7.40. The van der Waals surface area contributed by atoms with Gasteiger partial charge in [0.25, 0.3) is 5.91 Å². The summed E-state index contributed by atoms with van der Waals surface area (Å²) in [7, 11) is 0. The van der Waals surface area contributed by atoms with Crippen molar-refractivity contribution < 1.29 is 14.3 Å². The highest BCUT2D eigenvalue weighted by molar-refractivity contribution is 5.97. The first-order valence-corrected chi connectivity index (χ1v) is 10.2. The molecule has 3 aromatic heterocycles. The zero-order valence-corrected chi connectivity index (χ0v) is 16.7. The first-order valence-electron chi connectivity index (χ1n) is 10.2. The molecule has 1 atom stereocenters. The lowest BCUT2D eigenvalue weighted by Gasteiger charge is -2.33. The van der Waals surface area contributed by atoms with Gasteiger partial charge in [-0.3, -0.25) is 9.69 Å². The van der Waals surface area contributed by atoms with Crippen molar-refractivity contribution in [3.05, 3.63) is 42.4 Å². The van der Waals surface area contributed by atoms with E-state index in [1.54, 1.807) is 29.3 Å². The number of anilines is 1. The fourth-order valence-electron chi connectivity index (χ4n) is 4.06. The van der Waals surface area contributed by atoms with Crippen LogP contribution in [0.4, 0.5) is 10.6 Å². The Kier molecular flexibility index (Phi) is 4.57. The highest BCUT2D eigenvalue weighted by Gasteiger charge is 2.26. The summed E-state index contributed by atoms with van der Waals surface area (Å²) in [4.78, 5) is 36.9. The van der Waals surface area contributed by atoms with Gasteiger partial charge in [0.15, 0.2) is 5.65 Å². The molecule has 30 heavy (non-hydrogen) atoms. The molecule has 0 saturated carbocycles. The van der Waals surface area contributed by atoms with Crippen LogP contribution in [0, 0.1) is 0 Å². The maximum absolute atomic E-state index is 12.9. The largest absolute Gasteiger partial charge is 0.447 e. The van der Waals surface area contributed by atoms with Crippen molar-refractivity contribution in [3.63, 3.8) is 0 Å². The van der Waals surface area contributed by atoms with Crippen LogP contribution in [0.15, 0.2) is 36.8 Å². The maximum Gasteiger partial charge on any atom is 0.415 e. The van der Waals surface area contributed by atoms with Gasteiger partial charge in [-0.25, -0.2) is 19.4 Å². The third kappa shape index (κ3) is 3.16. The van der Waals surface area contributed by atoms with Gasteiger partial charge in [0, 0.05) is 24.2 Å². The van der Waals surface area contributed by atoms with Gasteiger partial charge in [0.1, 0.15) is 12.4 Å². The fourth-order valence-corrected chi connectivity index (χ4v) is 4.06. The highest BCUT2D eigenvalue weighted by atomic mass is 16.6. The van der Waals surface area contributed by atoms with Gasteiger partial charge in [-0.2, -0.15) is 5.10 Å². The molecule has 2 aliphatic heterocycles. The second-order valence-electron chi connectivity index (χ2n) is 7.68. The predicted molar refractivity (Wildman–Crippen MR) is 110 cm³/mol. The predicted octanol–water partition coefficient (Wildman–Crippen LogP) is 2.79. The molecule has 2 amide bonds. The van der Waals surface area contributed by atoms with Crippen molar-refractivity contribution in [2.45, 2.75) is 32.2 Å². The first kappa shape index (κ1) is 18.5. The van der Waals surface area contributed by atoms with Crippen LogP contribution >= 0.6 is 0 Å². The summed E-state index contributed by atoms with van der Waals surface area (Å²) < 4.78 is 6.62. The van der Waals surface area contributed by atoms with E-state index in [0.29, 0.717) is 30.2 Å². The highest BCUT2D eigenvalue weighted by Crippen LogP contribution is 2.23. The molecule has 0 aromatic carbocycles. The number of amides is 2. The lowest BCUT2D eigenvalue weighted by Crippen LogP contribution is -2.42. The third-order valence-corrected chi connectivity index (χ3v) is 5.73. The molecule has 0 spiro atoms. The number of cyclic esters (lactones) is 1. The van der Waals surface area contributed by atoms with Crippen LogP contribution in [0.5, 0.6) is 0 Å². The Morgan fingerprint density at radius 2 is 2.03 bits per heavy atom. The van der Waals surface area contributed by atoms with Gasteiger partial charge in [-0.15, -0.1) is 0 Å². The molecular formula is C21H22N6O3. The number of carbonyl (C=O) groups is 2. The van der Waals surface area contributed by atoms with Crippen LogP contribution in [0.2, 0.25) is 0 Å². The summed E-state index contributed by atoms with van der Waals surface area (Å²) in [6.07, 6.45) is 7.82. The molecule has 9 nitrogen and oxygen atoms in total. The van der Waals surface area contributed by atoms with E-state index in [0.717, 1.165) is 30.5 Å². The molecule has 0 unspecified atom stereocenters. The molecule has 2 saturated heterocycles. The zero-order valence-electron chi connectivity index (χ0n) is 16.7. The number of hydrogen-bond donors (Lipinski definition) is 0. The normalized spacial score (nSPS) is 19.4. The Morgan fingerprint density at radius 3 is 2.77 bits per heavy atom. The number of rotatable bonds is 3. The summed E-state index contributed by atoms with van der Waals surface area (Å²) in [5.41, 5.74) is 1.95. The first-order chi connectivity index (χ1) is 14.6. The Balaban J connectivity index is 1.41. The molecule has 0 bridgehead atoms. The van der Waals surface area contributed by atoms with Gasteiger partial charge in [-0.05, 0) is 44.4 Å². The minimum atomic E-state index is -0.387. The minimum absolute atomic E-state index is 0.0212. The zero-order chi connectivity index (χ0) is 20.7. The monoisotopic (exact) mass is 406 g/mol. The van der Waals surface area contributed by atoms with Crippen LogP contribution in [0.1, 0.15) is 36.5 Å². The van der Waals surface area contributed by atoms with Crippen molar-refractivity contribution in [2.24, 2.45) is 0 Å². The van der Waals surface area contributed by atoms with E-state index in [9.17, 15) is 9.59 Å². The average molecular weight is 406 g/mol. The Bertz CT molecular complexity index is 1110. The number of nitrogens with zero attached hydrogens (tertiary/aromatic N) is 6. The summed E-state index contributed by atoms with van der Waals surface area (Å²) in [5, 5.41) is 5.21. The summed E-state index contributed by atoms with van der Waals surface area (Å²) in [5.74, 6) is 0.557. The number of ether oxygens (including phenoxy) is 1. The van der Waals surface area contributed by atoms with Crippen LogP contribution in [-0.2, 0) is 4.74 Å². The van der Waals surface area contributed by atoms with E-state index in [-0.39, 0.29) is 18.0 Å². The molecule has 2 fully saturated rings. The smallest absolute Gasteiger partial charge is 0.415 e. The van der Waals surface area contributed by atoms with Gasteiger partial charge in [0.05, 0.1) is 30.2 Å². The average Bonchev–Trinajstić information content (AvgIpc) is 3.39. The standard InChI is InChI=1S/C21H22N6O3/c1-14-4-2-3-7-25(14)20(28)16-10-15-12-24-27(19(15)23-11-16)17-5-6-18(22-13-17)26-8-9-30-21(26)29/h5-6,10-14H,2-4,7-9H2,1H3/t14-/m0/s1. The number of carbonyl (C=O) groups excluding carboxylic acids is 2. The van der Waals surface area contributed by atoms with E-state index < -0.39 is 0 Å². The van der Waals surface area contributed by atoms with E-state index in [4.69, 9.17) is 4.74 Å². The molecule has 0 radical (unpaired) electrons. The number of piperidine rings is 1. The number of fused-ring (bicyclic) bond motifs is 1. The molecule has 0 aliphatic carbocycles. The van der Waals surface area contributed by atoms with E-state index in [1.807, 2.05) is 17.0 Å². The molecule has 154 valence electrons. The van der Waals surface area contributed by atoms with E-state index >= 15 is 0 Å². The van der Waals surface area contributed by atoms with Gasteiger partial charge in [0.2, 0.25) is 0 Å².